The molecule has 0 bridgehead atoms. The van der Waals surface area contributed by atoms with Crippen molar-refractivity contribution in [2.75, 3.05) is 11.5 Å². The first-order valence-electron chi connectivity index (χ1n) is 3.44. The van der Waals surface area contributed by atoms with Crippen molar-refractivity contribution in [3.05, 3.63) is 23.3 Å². The third-order valence-electron chi connectivity index (χ3n) is 1.66. The molecule has 4 N–H and O–H groups in total. The number of nitriles is 1. The number of rotatable bonds is 1. The third-order valence-corrected chi connectivity index (χ3v) is 1.66. The van der Waals surface area contributed by atoms with E-state index in [1.54, 1.807) is 6.07 Å². The predicted molar refractivity (Wildman–Crippen MR) is 44.9 cm³/mol. The van der Waals surface area contributed by atoms with Crippen LogP contribution in [0.4, 0.5) is 20.2 Å². The van der Waals surface area contributed by atoms with Crippen LogP contribution in [0.25, 0.3) is 0 Å². The first-order chi connectivity index (χ1) is 6.07. The summed E-state index contributed by atoms with van der Waals surface area (Å²) in [5, 5.41) is 8.50. The van der Waals surface area contributed by atoms with Gasteiger partial charge < -0.3 is 11.5 Å². The third kappa shape index (κ3) is 1.51. The summed E-state index contributed by atoms with van der Waals surface area (Å²) in [7, 11) is 0. The fourth-order valence-corrected chi connectivity index (χ4v) is 0.986. The van der Waals surface area contributed by atoms with Crippen molar-refractivity contribution in [3.63, 3.8) is 0 Å². The molecule has 0 spiro atoms. The maximum Gasteiger partial charge on any atom is 0.267 e. The molecule has 68 valence electrons. The molecule has 13 heavy (non-hydrogen) atoms. The molecule has 0 fully saturated rings. The summed E-state index contributed by atoms with van der Waals surface area (Å²) >= 11 is 0. The fourth-order valence-electron chi connectivity index (χ4n) is 0.986. The second-order valence-electron chi connectivity index (χ2n) is 2.44. The lowest BCUT2D eigenvalue weighted by molar-refractivity contribution is 0.152. The molecule has 0 aliphatic rings. The summed E-state index contributed by atoms with van der Waals surface area (Å²) in [6, 6.07) is 4.19. The van der Waals surface area contributed by atoms with Crippen molar-refractivity contribution in [2.24, 2.45) is 0 Å². The van der Waals surface area contributed by atoms with Gasteiger partial charge in [-0.25, -0.2) is 8.78 Å². The van der Waals surface area contributed by atoms with Gasteiger partial charge in [0.2, 0.25) is 0 Å². The van der Waals surface area contributed by atoms with E-state index < -0.39 is 12.0 Å². The topological polar surface area (TPSA) is 75.8 Å². The van der Waals surface area contributed by atoms with Gasteiger partial charge in [-0.1, -0.05) is 0 Å². The molecule has 0 unspecified atom stereocenters. The summed E-state index contributed by atoms with van der Waals surface area (Å²) in [4.78, 5) is 0. The summed E-state index contributed by atoms with van der Waals surface area (Å²) in [6.45, 7) is 0. The zero-order valence-corrected chi connectivity index (χ0v) is 6.59. The van der Waals surface area contributed by atoms with Crippen LogP contribution in [0.5, 0.6) is 0 Å². The van der Waals surface area contributed by atoms with Gasteiger partial charge >= 0.3 is 0 Å². The van der Waals surface area contributed by atoms with Gasteiger partial charge in [0, 0.05) is 0 Å². The molecule has 0 aliphatic carbocycles. The molecule has 0 saturated heterocycles. The minimum Gasteiger partial charge on any atom is -0.397 e. The van der Waals surface area contributed by atoms with E-state index >= 15 is 0 Å². The Bertz CT molecular complexity index is 368. The van der Waals surface area contributed by atoms with E-state index in [2.05, 4.69) is 0 Å². The van der Waals surface area contributed by atoms with Crippen molar-refractivity contribution < 1.29 is 8.78 Å². The Balaban J connectivity index is 3.43. The maximum absolute atomic E-state index is 12.4. The molecule has 0 heterocycles. The number of halogens is 2. The highest BCUT2D eigenvalue weighted by atomic mass is 19.3. The summed E-state index contributed by atoms with van der Waals surface area (Å²) in [5.74, 6) is 0. The highest BCUT2D eigenvalue weighted by Crippen LogP contribution is 2.31. The Morgan fingerprint density at radius 2 is 1.92 bits per heavy atom. The normalized spacial score (nSPS) is 10.0. The van der Waals surface area contributed by atoms with E-state index in [9.17, 15) is 8.78 Å². The lowest BCUT2D eigenvalue weighted by Crippen LogP contribution is -2.02. The van der Waals surface area contributed by atoms with Crippen molar-refractivity contribution in [3.8, 4) is 6.07 Å². The highest BCUT2D eigenvalue weighted by Gasteiger charge is 2.17. The van der Waals surface area contributed by atoms with E-state index in [0.717, 1.165) is 0 Å². The summed E-state index contributed by atoms with van der Waals surface area (Å²) in [5.41, 5.74) is 9.85. The Labute approximate surface area is 73.6 Å². The molecule has 0 radical (unpaired) electrons. The van der Waals surface area contributed by atoms with Crippen LogP contribution in [0, 0.1) is 11.3 Å². The lowest BCUT2D eigenvalue weighted by atomic mass is 10.1. The van der Waals surface area contributed by atoms with Gasteiger partial charge in [-0.15, -0.1) is 0 Å². The van der Waals surface area contributed by atoms with Crippen LogP contribution in [0.2, 0.25) is 0 Å². The number of anilines is 2. The van der Waals surface area contributed by atoms with Gasteiger partial charge in [-0.2, -0.15) is 5.26 Å². The largest absolute Gasteiger partial charge is 0.397 e. The van der Waals surface area contributed by atoms with Crippen molar-refractivity contribution in [2.45, 2.75) is 6.43 Å². The molecule has 1 aromatic carbocycles. The molecule has 1 rings (SSSR count). The molecular weight excluding hydrogens is 176 g/mol. The van der Waals surface area contributed by atoms with Gasteiger partial charge in [0.05, 0.1) is 28.6 Å². The standard InChI is InChI=1S/C8H7F2N3/c9-8(10)6-4(3-11)1-2-5(12)7(6)13/h1-2,8H,12-13H2. The molecule has 0 atom stereocenters. The number of benzene rings is 1. The zero-order valence-electron chi connectivity index (χ0n) is 6.59. The molecule has 0 aromatic heterocycles. The lowest BCUT2D eigenvalue weighted by Gasteiger charge is -2.08. The SMILES string of the molecule is N#Cc1ccc(N)c(N)c1C(F)F. The predicted octanol–water partition coefficient (Wildman–Crippen LogP) is 1.66. The molecular formula is C8H7F2N3. The minimum absolute atomic E-state index is 0.0642. The van der Waals surface area contributed by atoms with Crippen molar-refractivity contribution in [1.82, 2.24) is 0 Å². The average Bonchev–Trinajstić information content (AvgIpc) is 2.08. The van der Waals surface area contributed by atoms with Crippen LogP contribution >= 0.6 is 0 Å². The van der Waals surface area contributed by atoms with Crippen LogP contribution in [0.1, 0.15) is 17.6 Å². The number of alkyl halides is 2. The quantitative estimate of drug-likeness (QED) is 0.650. The van der Waals surface area contributed by atoms with E-state index in [1.807, 2.05) is 0 Å². The maximum atomic E-state index is 12.4. The van der Waals surface area contributed by atoms with Crippen molar-refractivity contribution >= 4 is 11.4 Å². The number of hydrogen-bond acceptors (Lipinski definition) is 3. The minimum atomic E-state index is -2.78. The molecule has 0 amide bonds. The van der Waals surface area contributed by atoms with Crippen LogP contribution in [0.3, 0.4) is 0 Å². The van der Waals surface area contributed by atoms with Gasteiger partial charge in [0.25, 0.3) is 6.43 Å². The molecule has 3 nitrogen and oxygen atoms in total. The van der Waals surface area contributed by atoms with Gasteiger partial charge in [-0.05, 0) is 12.1 Å². The van der Waals surface area contributed by atoms with E-state index in [-0.39, 0.29) is 16.9 Å². The molecule has 1 aromatic rings. The smallest absolute Gasteiger partial charge is 0.267 e. The number of hydrogen-bond donors (Lipinski definition) is 2. The van der Waals surface area contributed by atoms with Crippen molar-refractivity contribution in [1.29, 1.82) is 5.26 Å². The van der Waals surface area contributed by atoms with E-state index in [1.165, 1.54) is 12.1 Å². The Morgan fingerprint density at radius 3 is 2.38 bits per heavy atom. The molecule has 0 saturated carbocycles. The number of nitrogen functional groups attached to an aromatic ring is 2. The summed E-state index contributed by atoms with van der Waals surface area (Å²) in [6.07, 6.45) is -2.78. The fraction of sp³-hybridized carbons (Fsp3) is 0.125. The second kappa shape index (κ2) is 3.27. The number of nitrogens with two attached hydrogens (primary N) is 2. The first-order valence-corrected chi connectivity index (χ1v) is 3.44. The Kier molecular flexibility index (Phi) is 2.33. The van der Waals surface area contributed by atoms with Crippen LogP contribution < -0.4 is 11.5 Å². The Morgan fingerprint density at radius 1 is 1.31 bits per heavy atom. The average molecular weight is 183 g/mol. The van der Waals surface area contributed by atoms with Crippen LogP contribution in [0.15, 0.2) is 12.1 Å². The van der Waals surface area contributed by atoms with Crippen LogP contribution in [-0.4, -0.2) is 0 Å². The Hall–Kier alpha value is -1.83. The van der Waals surface area contributed by atoms with E-state index in [4.69, 9.17) is 16.7 Å². The highest BCUT2D eigenvalue weighted by molar-refractivity contribution is 5.71. The van der Waals surface area contributed by atoms with Gasteiger partial charge in [0.1, 0.15) is 0 Å². The molecule has 5 heteroatoms. The van der Waals surface area contributed by atoms with E-state index in [0.29, 0.717) is 0 Å². The van der Waals surface area contributed by atoms with Crippen LogP contribution in [-0.2, 0) is 0 Å². The number of nitrogens with zero attached hydrogens (tertiary/aromatic N) is 1. The first kappa shape index (κ1) is 9.26. The van der Waals surface area contributed by atoms with Gasteiger partial charge in [0.15, 0.2) is 0 Å². The second-order valence-corrected chi connectivity index (χ2v) is 2.44. The van der Waals surface area contributed by atoms with Gasteiger partial charge in [-0.3, -0.25) is 0 Å². The molecule has 0 aliphatic heterocycles. The summed E-state index contributed by atoms with van der Waals surface area (Å²) < 4.78 is 24.7. The zero-order chi connectivity index (χ0) is 10.0. The monoisotopic (exact) mass is 183 g/mol.